The highest BCUT2D eigenvalue weighted by Crippen LogP contribution is 2.42. The van der Waals surface area contributed by atoms with E-state index >= 15 is 0 Å². The maximum absolute atomic E-state index is 12.1. The van der Waals surface area contributed by atoms with Gasteiger partial charge in [0.05, 0.1) is 28.3 Å². The fourth-order valence-corrected chi connectivity index (χ4v) is 4.98. The molecule has 0 aliphatic heterocycles. The number of aliphatic hydroxyl groups is 1. The Bertz CT molecular complexity index is 866. The van der Waals surface area contributed by atoms with E-state index in [1.54, 1.807) is 32.0 Å². The zero-order valence-corrected chi connectivity index (χ0v) is 17.4. The minimum Gasteiger partial charge on any atom is -0.382 e. The molecule has 1 aromatic heterocycles. The van der Waals surface area contributed by atoms with Crippen molar-refractivity contribution in [2.75, 3.05) is 0 Å². The lowest BCUT2D eigenvalue weighted by Gasteiger charge is -2.27. The van der Waals surface area contributed by atoms with Crippen LogP contribution in [0, 0.1) is 11.8 Å². The van der Waals surface area contributed by atoms with Crippen LogP contribution in [0.2, 0.25) is 10.0 Å². The molecule has 1 aromatic carbocycles. The van der Waals surface area contributed by atoms with E-state index in [9.17, 15) is 9.90 Å². The molecular weight excluding hydrogens is 401 g/mol. The van der Waals surface area contributed by atoms with Gasteiger partial charge in [0.1, 0.15) is 17.1 Å². The van der Waals surface area contributed by atoms with Crippen LogP contribution in [0.5, 0.6) is 0 Å². The van der Waals surface area contributed by atoms with Gasteiger partial charge in [0.15, 0.2) is 5.76 Å². The number of carbonyl (C=O) groups is 1. The zero-order valence-electron chi connectivity index (χ0n) is 15.9. The molecule has 2 aliphatic rings. The monoisotopic (exact) mass is 423 g/mol. The molecule has 2 saturated carbocycles. The van der Waals surface area contributed by atoms with E-state index in [0.29, 0.717) is 38.4 Å². The maximum atomic E-state index is 12.1. The first-order valence-corrected chi connectivity index (χ1v) is 10.3. The molecule has 2 aromatic rings. The number of Topliss-reactive ketones (excluding diaryl/α,β-unsaturated/α-hetero) is 1. The van der Waals surface area contributed by atoms with Crippen molar-refractivity contribution in [1.82, 2.24) is 5.16 Å². The van der Waals surface area contributed by atoms with E-state index in [1.807, 2.05) is 0 Å². The first-order valence-electron chi connectivity index (χ1n) is 9.56. The van der Waals surface area contributed by atoms with Crippen molar-refractivity contribution < 1.29 is 19.2 Å². The number of aromatic nitrogens is 1. The second kappa shape index (κ2) is 7.45. The van der Waals surface area contributed by atoms with Gasteiger partial charge in [0.25, 0.3) is 0 Å². The number of hydrogen-bond acceptors (Lipinski definition) is 5. The molecule has 2 bridgehead atoms. The van der Waals surface area contributed by atoms with Gasteiger partial charge in [0, 0.05) is 17.4 Å². The molecule has 0 saturated heterocycles. The number of halogens is 2. The Kier molecular flexibility index (Phi) is 5.29. The Morgan fingerprint density at radius 2 is 1.82 bits per heavy atom. The van der Waals surface area contributed by atoms with E-state index in [-0.39, 0.29) is 24.5 Å². The summed E-state index contributed by atoms with van der Waals surface area (Å²) in [6.45, 7) is 3.47. The lowest BCUT2D eigenvalue weighted by Crippen LogP contribution is -2.31. The predicted octanol–water partition coefficient (Wildman–Crippen LogP) is 5.15. The third-order valence-corrected chi connectivity index (χ3v) is 6.40. The SMILES string of the molecule is CC(C)(O)c1onc(-c2c(Cl)cccc2Cl)c1CO[C@@H]1C[C@H]2CC[C@@H](C1)C2=O. The number of ketones is 1. The second-order valence-electron chi connectivity index (χ2n) is 8.27. The molecule has 7 heteroatoms. The molecule has 3 atom stereocenters. The minimum atomic E-state index is -1.24. The van der Waals surface area contributed by atoms with E-state index < -0.39 is 5.60 Å². The van der Waals surface area contributed by atoms with Crippen molar-refractivity contribution in [3.05, 3.63) is 39.6 Å². The van der Waals surface area contributed by atoms with Crippen LogP contribution in [0.3, 0.4) is 0 Å². The Labute approximate surface area is 173 Å². The van der Waals surface area contributed by atoms with Gasteiger partial charge in [0.2, 0.25) is 0 Å². The van der Waals surface area contributed by atoms with Crippen molar-refractivity contribution in [2.24, 2.45) is 11.8 Å². The van der Waals surface area contributed by atoms with Gasteiger partial charge in [-0.25, -0.2) is 0 Å². The summed E-state index contributed by atoms with van der Waals surface area (Å²) in [7, 11) is 0. The summed E-state index contributed by atoms with van der Waals surface area (Å²) in [5.41, 5.74) is 0.427. The van der Waals surface area contributed by atoms with Crippen LogP contribution in [0.1, 0.15) is 50.9 Å². The first kappa shape index (κ1) is 19.9. The molecule has 0 radical (unpaired) electrons. The number of fused-ring (bicyclic) bond motifs is 2. The quantitative estimate of drug-likeness (QED) is 0.719. The fourth-order valence-electron chi connectivity index (χ4n) is 4.40. The van der Waals surface area contributed by atoms with Crippen LogP contribution in [-0.2, 0) is 21.7 Å². The van der Waals surface area contributed by atoms with Crippen LogP contribution < -0.4 is 0 Å². The molecule has 0 unspecified atom stereocenters. The molecule has 0 spiro atoms. The number of benzene rings is 1. The van der Waals surface area contributed by atoms with Gasteiger partial charge in [-0.15, -0.1) is 0 Å². The Balaban J connectivity index is 1.64. The number of carbonyl (C=O) groups excluding carboxylic acids is 1. The van der Waals surface area contributed by atoms with E-state index in [0.717, 1.165) is 25.7 Å². The fraction of sp³-hybridized carbons (Fsp3) is 0.524. The second-order valence-corrected chi connectivity index (χ2v) is 9.09. The highest BCUT2D eigenvalue weighted by molar-refractivity contribution is 6.39. The summed E-state index contributed by atoms with van der Waals surface area (Å²) in [6.07, 6.45) is 3.44. The van der Waals surface area contributed by atoms with Crippen molar-refractivity contribution in [3.63, 3.8) is 0 Å². The van der Waals surface area contributed by atoms with Crippen molar-refractivity contribution in [1.29, 1.82) is 0 Å². The van der Waals surface area contributed by atoms with Crippen LogP contribution >= 0.6 is 23.2 Å². The molecule has 28 heavy (non-hydrogen) atoms. The molecule has 4 rings (SSSR count). The molecule has 2 aliphatic carbocycles. The summed E-state index contributed by atoms with van der Waals surface area (Å²) >= 11 is 12.7. The van der Waals surface area contributed by atoms with Gasteiger partial charge in [-0.3, -0.25) is 4.79 Å². The highest BCUT2D eigenvalue weighted by atomic mass is 35.5. The van der Waals surface area contributed by atoms with E-state index in [4.69, 9.17) is 32.5 Å². The molecule has 1 heterocycles. The summed E-state index contributed by atoms with van der Waals surface area (Å²) in [6, 6.07) is 5.22. The lowest BCUT2D eigenvalue weighted by atomic mass is 9.86. The molecular formula is C21H23Cl2NO4. The summed E-state index contributed by atoms with van der Waals surface area (Å²) < 4.78 is 11.7. The van der Waals surface area contributed by atoms with Gasteiger partial charge in [-0.2, -0.15) is 0 Å². The Morgan fingerprint density at radius 1 is 1.21 bits per heavy atom. The maximum Gasteiger partial charge on any atom is 0.173 e. The van der Waals surface area contributed by atoms with E-state index in [2.05, 4.69) is 5.16 Å². The third-order valence-electron chi connectivity index (χ3n) is 5.77. The normalized spacial score (nSPS) is 24.8. The smallest absolute Gasteiger partial charge is 0.173 e. The van der Waals surface area contributed by atoms with Crippen molar-refractivity contribution in [3.8, 4) is 11.3 Å². The van der Waals surface area contributed by atoms with Crippen LogP contribution in [0.25, 0.3) is 11.3 Å². The highest BCUT2D eigenvalue weighted by Gasteiger charge is 2.42. The van der Waals surface area contributed by atoms with Crippen LogP contribution in [-0.4, -0.2) is 22.2 Å². The predicted molar refractivity (Wildman–Crippen MR) is 106 cm³/mol. The molecule has 1 N–H and O–H groups in total. The average molecular weight is 424 g/mol. The molecule has 2 fully saturated rings. The average Bonchev–Trinajstić information content (AvgIpc) is 3.10. The summed E-state index contributed by atoms with van der Waals surface area (Å²) in [5, 5.41) is 15.6. The number of rotatable bonds is 5. The van der Waals surface area contributed by atoms with Crippen molar-refractivity contribution in [2.45, 2.75) is 57.8 Å². The standard InChI is InChI=1S/C21H23Cl2NO4/c1-21(2,26)20-14(10-27-13-8-11-6-7-12(9-13)19(11)25)18(24-28-20)17-15(22)4-3-5-16(17)23/h3-5,11-13,26H,6-10H2,1-2H3/t11-,12+,13-. The van der Waals surface area contributed by atoms with Crippen LogP contribution in [0.4, 0.5) is 0 Å². The van der Waals surface area contributed by atoms with E-state index in [1.165, 1.54) is 0 Å². The topological polar surface area (TPSA) is 72.6 Å². The summed E-state index contributed by atoms with van der Waals surface area (Å²) in [4.78, 5) is 12.1. The number of hydrogen-bond donors (Lipinski definition) is 1. The van der Waals surface area contributed by atoms with Gasteiger partial charge < -0.3 is 14.4 Å². The minimum absolute atomic E-state index is 0.00863. The molecule has 0 amide bonds. The Morgan fingerprint density at radius 3 is 2.39 bits per heavy atom. The number of ether oxygens (including phenoxy) is 1. The lowest BCUT2D eigenvalue weighted by molar-refractivity contribution is -0.130. The van der Waals surface area contributed by atoms with Crippen LogP contribution in [0.15, 0.2) is 22.7 Å². The van der Waals surface area contributed by atoms with Gasteiger partial charge >= 0.3 is 0 Å². The van der Waals surface area contributed by atoms with Crippen molar-refractivity contribution >= 4 is 29.0 Å². The largest absolute Gasteiger partial charge is 0.382 e. The molecule has 150 valence electrons. The third kappa shape index (κ3) is 3.61. The zero-order chi connectivity index (χ0) is 20.1. The first-order chi connectivity index (χ1) is 13.3. The van der Waals surface area contributed by atoms with Gasteiger partial charge in [-0.05, 0) is 51.7 Å². The van der Waals surface area contributed by atoms with Gasteiger partial charge in [-0.1, -0.05) is 34.4 Å². The Hall–Kier alpha value is -1.40. The number of nitrogens with zero attached hydrogens (tertiary/aromatic N) is 1. The summed E-state index contributed by atoms with van der Waals surface area (Å²) in [5.74, 6) is 0.966. The molecule has 5 nitrogen and oxygen atoms in total.